The first kappa shape index (κ1) is 26.5. The third kappa shape index (κ3) is 5.69. The van der Waals surface area contributed by atoms with Gasteiger partial charge in [-0.1, -0.05) is 24.3 Å². The summed E-state index contributed by atoms with van der Waals surface area (Å²) in [6.45, 7) is 0.932. The van der Waals surface area contributed by atoms with Crippen LogP contribution in [0.5, 0.6) is 0 Å². The Labute approximate surface area is 225 Å². The predicted octanol–water partition coefficient (Wildman–Crippen LogP) is 8.00. The van der Waals surface area contributed by atoms with Crippen LogP contribution in [-0.4, -0.2) is 34.4 Å². The van der Waals surface area contributed by atoms with Gasteiger partial charge in [-0.15, -0.1) is 0 Å². The van der Waals surface area contributed by atoms with Gasteiger partial charge in [0.15, 0.2) is 0 Å². The number of hydrogen-bond acceptors (Lipinski definition) is 5. The zero-order chi connectivity index (χ0) is 27.7. The molecule has 0 saturated carbocycles. The molecule has 3 aromatic carbocycles. The summed E-state index contributed by atoms with van der Waals surface area (Å²) >= 11 is 0. The molecule has 5 rings (SSSR count). The largest absolute Gasteiger partial charge is 0.381 e. The SMILES string of the molecule is CC(=N)c1cc(NC2CCCN(c3nc4ccccc4n3C(F)F)C2)ccc1Nc1cccc(C(C)(F)F)c1.[HH]. The molecule has 10 heteroatoms. The van der Waals surface area contributed by atoms with Gasteiger partial charge in [-0.05, 0) is 62.2 Å². The molecule has 0 amide bonds. The van der Waals surface area contributed by atoms with E-state index in [0.717, 1.165) is 30.0 Å². The van der Waals surface area contributed by atoms with Crippen LogP contribution in [0, 0.1) is 5.41 Å². The first-order valence-electron chi connectivity index (χ1n) is 12.8. The molecule has 0 radical (unpaired) electrons. The first-order chi connectivity index (χ1) is 18.6. The normalized spacial score (nSPS) is 16.1. The lowest BCUT2D eigenvalue weighted by Gasteiger charge is -2.34. The zero-order valence-corrected chi connectivity index (χ0v) is 21.7. The number of nitrogens with one attached hydrogen (secondary N) is 3. The van der Waals surface area contributed by atoms with Crippen LogP contribution in [0.15, 0.2) is 66.7 Å². The molecular formula is C29H32F4N6. The Morgan fingerprint density at radius 2 is 1.87 bits per heavy atom. The number of hydrogen-bond donors (Lipinski definition) is 3. The maximum absolute atomic E-state index is 14.0. The fraction of sp³-hybridized carbons (Fsp3) is 0.310. The Hall–Kier alpha value is -4.08. The van der Waals surface area contributed by atoms with Gasteiger partial charge in [-0.25, -0.2) is 13.8 Å². The minimum absolute atomic E-state index is 0. The van der Waals surface area contributed by atoms with E-state index in [1.165, 1.54) is 12.1 Å². The number of benzene rings is 3. The van der Waals surface area contributed by atoms with Crippen LogP contribution in [-0.2, 0) is 5.92 Å². The Bertz CT molecular complexity index is 1500. The predicted molar refractivity (Wildman–Crippen MR) is 150 cm³/mol. The average molecular weight is 541 g/mol. The molecule has 1 aromatic heterocycles. The van der Waals surface area contributed by atoms with Crippen LogP contribution in [0.4, 0.5) is 40.6 Å². The van der Waals surface area contributed by atoms with Gasteiger partial charge in [0.05, 0.1) is 11.0 Å². The third-order valence-corrected chi connectivity index (χ3v) is 6.92. The highest BCUT2D eigenvalue weighted by Gasteiger charge is 2.27. The van der Waals surface area contributed by atoms with Gasteiger partial charge in [0.2, 0.25) is 5.95 Å². The summed E-state index contributed by atoms with van der Waals surface area (Å²) in [7, 11) is 0. The summed E-state index contributed by atoms with van der Waals surface area (Å²) in [5.74, 6) is -2.70. The molecular weight excluding hydrogens is 508 g/mol. The van der Waals surface area contributed by atoms with Gasteiger partial charge in [-0.2, -0.15) is 8.78 Å². The quantitative estimate of drug-likeness (QED) is 0.156. The average Bonchev–Trinajstić information content (AvgIpc) is 3.29. The van der Waals surface area contributed by atoms with Gasteiger partial charge in [0.25, 0.3) is 5.92 Å². The van der Waals surface area contributed by atoms with Crippen molar-refractivity contribution >= 4 is 39.8 Å². The lowest BCUT2D eigenvalue weighted by molar-refractivity contribution is 0.0175. The van der Waals surface area contributed by atoms with Crippen molar-refractivity contribution in [2.45, 2.75) is 45.2 Å². The number of imidazole rings is 1. The van der Waals surface area contributed by atoms with E-state index in [1.807, 2.05) is 23.1 Å². The van der Waals surface area contributed by atoms with Crippen LogP contribution < -0.4 is 15.5 Å². The van der Waals surface area contributed by atoms with Crippen molar-refractivity contribution < 1.29 is 19.0 Å². The fourth-order valence-corrected chi connectivity index (χ4v) is 5.04. The lowest BCUT2D eigenvalue weighted by atomic mass is 10.0. The number of nitrogens with zero attached hydrogens (tertiary/aromatic N) is 3. The van der Waals surface area contributed by atoms with Crippen molar-refractivity contribution in [2.24, 2.45) is 0 Å². The Morgan fingerprint density at radius 1 is 1.08 bits per heavy atom. The molecule has 206 valence electrons. The Balaban J connectivity index is 0.00000370. The van der Waals surface area contributed by atoms with E-state index in [-0.39, 0.29) is 19.0 Å². The molecule has 1 atom stereocenters. The van der Waals surface area contributed by atoms with E-state index in [0.29, 0.717) is 46.8 Å². The smallest absolute Gasteiger partial charge is 0.321 e. The number of aromatic nitrogens is 2. The number of rotatable bonds is 8. The van der Waals surface area contributed by atoms with E-state index in [2.05, 4.69) is 15.6 Å². The van der Waals surface area contributed by atoms with Crippen LogP contribution in [0.1, 0.15) is 45.8 Å². The van der Waals surface area contributed by atoms with E-state index >= 15 is 0 Å². The molecule has 0 aliphatic carbocycles. The number of piperidine rings is 1. The van der Waals surface area contributed by atoms with Crippen molar-refractivity contribution in [3.05, 3.63) is 77.9 Å². The molecule has 0 bridgehead atoms. The number of para-hydroxylation sites is 2. The molecule has 2 heterocycles. The minimum atomic E-state index is -2.96. The van der Waals surface area contributed by atoms with Crippen molar-refractivity contribution in [1.82, 2.24) is 9.55 Å². The molecule has 3 N–H and O–H groups in total. The maximum atomic E-state index is 14.0. The van der Waals surface area contributed by atoms with Crippen molar-refractivity contribution in [1.29, 1.82) is 5.41 Å². The van der Waals surface area contributed by atoms with Gasteiger partial charge in [-0.3, -0.25) is 4.57 Å². The summed E-state index contributed by atoms with van der Waals surface area (Å²) in [5.41, 5.74) is 3.69. The summed E-state index contributed by atoms with van der Waals surface area (Å²) in [5, 5.41) is 14.9. The number of fused-ring (bicyclic) bond motifs is 1. The molecule has 1 aliphatic heterocycles. The summed E-state index contributed by atoms with van der Waals surface area (Å²) in [4.78, 5) is 6.40. The highest BCUT2D eigenvalue weighted by atomic mass is 19.3. The Morgan fingerprint density at radius 3 is 2.62 bits per heavy atom. The lowest BCUT2D eigenvalue weighted by Crippen LogP contribution is -2.43. The van der Waals surface area contributed by atoms with Crippen LogP contribution in [0.25, 0.3) is 11.0 Å². The van der Waals surface area contributed by atoms with Gasteiger partial charge in [0.1, 0.15) is 0 Å². The molecule has 1 fully saturated rings. The second kappa shape index (κ2) is 10.6. The maximum Gasteiger partial charge on any atom is 0.321 e. The minimum Gasteiger partial charge on any atom is -0.381 e. The van der Waals surface area contributed by atoms with Gasteiger partial charge >= 0.3 is 6.55 Å². The van der Waals surface area contributed by atoms with Crippen molar-refractivity contribution in [2.75, 3.05) is 28.6 Å². The molecule has 1 saturated heterocycles. The van der Waals surface area contributed by atoms with Crippen molar-refractivity contribution in [3.63, 3.8) is 0 Å². The van der Waals surface area contributed by atoms with Crippen LogP contribution in [0.2, 0.25) is 0 Å². The van der Waals surface area contributed by atoms with Crippen LogP contribution in [0.3, 0.4) is 0 Å². The fourth-order valence-electron chi connectivity index (χ4n) is 5.04. The van der Waals surface area contributed by atoms with E-state index < -0.39 is 12.5 Å². The topological polar surface area (TPSA) is 69.0 Å². The van der Waals surface area contributed by atoms with Crippen LogP contribution >= 0.6 is 0 Å². The summed E-state index contributed by atoms with van der Waals surface area (Å²) in [6.07, 6.45) is 1.65. The standard InChI is InChI=1S/C29H30F4N6.H2/c1-18(34)23-16-21(12-13-24(23)36-20-8-5-7-19(15-20)29(2,32)33)35-22-9-6-14-38(17-22)28-37-25-10-3-4-11-26(25)39(28)27(30)31;/h3-5,7-8,10-13,15-16,22,27,34-36H,6,9,14,17H2,1-2H3;1H. The monoisotopic (exact) mass is 540 g/mol. The molecule has 1 unspecified atom stereocenters. The molecule has 0 spiro atoms. The molecule has 1 aliphatic rings. The number of alkyl halides is 4. The highest BCUT2D eigenvalue weighted by Crippen LogP contribution is 2.33. The summed E-state index contributed by atoms with van der Waals surface area (Å²) < 4.78 is 56.6. The highest BCUT2D eigenvalue weighted by molar-refractivity contribution is 6.03. The number of anilines is 4. The Kier molecular flexibility index (Phi) is 7.20. The second-order valence-corrected chi connectivity index (χ2v) is 9.96. The third-order valence-electron chi connectivity index (χ3n) is 6.92. The second-order valence-electron chi connectivity index (χ2n) is 9.96. The molecule has 4 aromatic rings. The van der Waals surface area contributed by atoms with E-state index in [1.54, 1.807) is 43.3 Å². The van der Waals surface area contributed by atoms with Gasteiger partial charge < -0.3 is 20.9 Å². The summed E-state index contributed by atoms with van der Waals surface area (Å²) in [6, 6.07) is 18.4. The first-order valence-corrected chi connectivity index (χ1v) is 12.8. The van der Waals surface area contributed by atoms with E-state index in [9.17, 15) is 17.6 Å². The zero-order valence-electron chi connectivity index (χ0n) is 21.7. The van der Waals surface area contributed by atoms with E-state index in [4.69, 9.17) is 5.41 Å². The van der Waals surface area contributed by atoms with Crippen molar-refractivity contribution in [3.8, 4) is 0 Å². The molecule has 39 heavy (non-hydrogen) atoms. The number of halogens is 4. The molecule has 6 nitrogen and oxygen atoms in total. The van der Waals surface area contributed by atoms with Gasteiger partial charge in [0, 0.05) is 61.4 Å².